The van der Waals surface area contributed by atoms with Gasteiger partial charge in [-0.3, -0.25) is 13.9 Å². The SMILES string of the molecule is C=CCNC(=O)c1ccccc1NC(=O)[C@@H](CC)N(c1cc(C)ccc1C)S(C)(=O)=O. The number of nitrogens with zero attached hydrogens (tertiary/aromatic N) is 1. The Kier molecular flexibility index (Phi) is 7.99. The van der Waals surface area contributed by atoms with E-state index >= 15 is 0 Å². The van der Waals surface area contributed by atoms with Crippen LogP contribution in [0.5, 0.6) is 0 Å². The molecule has 0 saturated heterocycles. The van der Waals surface area contributed by atoms with E-state index in [0.29, 0.717) is 11.4 Å². The monoisotopic (exact) mass is 443 g/mol. The summed E-state index contributed by atoms with van der Waals surface area (Å²) in [5.74, 6) is -0.879. The lowest BCUT2D eigenvalue weighted by molar-refractivity contribution is -0.117. The zero-order valence-corrected chi connectivity index (χ0v) is 19.1. The highest BCUT2D eigenvalue weighted by Gasteiger charge is 2.33. The number of benzene rings is 2. The van der Waals surface area contributed by atoms with Crippen molar-refractivity contribution in [3.63, 3.8) is 0 Å². The van der Waals surface area contributed by atoms with Crippen LogP contribution in [0.25, 0.3) is 0 Å². The molecule has 2 aromatic carbocycles. The number of sulfonamides is 1. The average Bonchev–Trinajstić information content (AvgIpc) is 2.71. The number of amides is 2. The van der Waals surface area contributed by atoms with Crippen molar-refractivity contribution in [3.8, 4) is 0 Å². The molecule has 8 heteroatoms. The molecule has 0 spiro atoms. The van der Waals surface area contributed by atoms with Gasteiger partial charge in [0.15, 0.2) is 0 Å². The minimum Gasteiger partial charge on any atom is -0.349 e. The van der Waals surface area contributed by atoms with Crippen molar-refractivity contribution in [2.24, 2.45) is 0 Å². The highest BCUT2D eigenvalue weighted by atomic mass is 32.2. The highest BCUT2D eigenvalue weighted by molar-refractivity contribution is 7.92. The summed E-state index contributed by atoms with van der Waals surface area (Å²) in [7, 11) is -3.76. The van der Waals surface area contributed by atoms with Gasteiger partial charge in [-0.15, -0.1) is 6.58 Å². The van der Waals surface area contributed by atoms with Crippen LogP contribution in [-0.2, 0) is 14.8 Å². The Morgan fingerprint density at radius 2 is 1.84 bits per heavy atom. The van der Waals surface area contributed by atoms with Crippen molar-refractivity contribution in [1.82, 2.24) is 5.32 Å². The van der Waals surface area contributed by atoms with E-state index in [1.807, 2.05) is 19.1 Å². The van der Waals surface area contributed by atoms with Crippen LogP contribution in [0.15, 0.2) is 55.1 Å². The summed E-state index contributed by atoms with van der Waals surface area (Å²) < 4.78 is 26.6. The van der Waals surface area contributed by atoms with Gasteiger partial charge in [0.25, 0.3) is 5.91 Å². The third-order valence-electron chi connectivity index (χ3n) is 4.77. The van der Waals surface area contributed by atoms with Crippen LogP contribution in [-0.4, -0.2) is 39.1 Å². The third-order valence-corrected chi connectivity index (χ3v) is 5.93. The largest absolute Gasteiger partial charge is 0.349 e. The molecule has 0 aliphatic carbocycles. The number of hydrogen-bond donors (Lipinski definition) is 2. The van der Waals surface area contributed by atoms with Gasteiger partial charge in [-0.25, -0.2) is 8.42 Å². The maximum Gasteiger partial charge on any atom is 0.253 e. The molecular formula is C23H29N3O4S. The smallest absolute Gasteiger partial charge is 0.253 e. The standard InChI is InChI=1S/C23H29N3O4S/c1-6-14-24-22(27)18-10-8-9-11-19(18)25-23(28)20(7-2)26(31(5,29)30)21-15-16(3)12-13-17(21)4/h6,8-13,15,20H,1,7,14H2,2-5H3,(H,24,27)(H,25,28)/t20-/m1/s1. The number of hydrogen-bond acceptors (Lipinski definition) is 4. The summed E-state index contributed by atoms with van der Waals surface area (Å²) in [6.45, 7) is 9.27. The lowest BCUT2D eigenvalue weighted by Gasteiger charge is -2.31. The van der Waals surface area contributed by atoms with Crippen LogP contribution >= 0.6 is 0 Å². The van der Waals surface area contributed by atoms with Crippen LogP contribution < -0.4 is 14.9 Å². The molecule has 0 fully saturated rings. The highest BCUT2D eigenvalue weighted by Crippen LogP contribution is 2.28. The van der Waals surface area contributed by atoms with Crippen molar-refractivity contribution in [2.45, 2.75) is 33.2 Å². The topological polar surface area (TPSA) is 95.6 Å². The first-order chi connectivity index (χ1) is 14.6. The first-order valence-corrected chi connectivity index (χ1v) is 11.8. The van der Waals surface area contributed by atoms with E-state index in [-0.39, 0.29) is 24.4 Å². The Balaban J connectivity index is 2.43. The minimum atomic E-state index is -3.76. The van der Waals surface area contributed by atoms with E-state index in [1.165, 1.54) is 0 Å². The second-order valence-corrected chi connectivity index (χ2v) is 9.17. The van der Waals surface area contributed by atoms with Crippen LogP contribution in [0, 0.1) is 13.8 Å². The van der Waals surface area contributed by atoms with Gasteiger partial charge < -0.3 is 10.6 Å². The zero-order valence-electron chi connectivity index (χ0n) is 18.3. The summed E-state index contributed by atoms with van der Waals surface area (Å²) in [6.07, 6.45) is 2.89. The Morgan fingerprint density at radius 1 is 1.16 bits per heavy atom. The molecule has 0 heterocycles. The van der Waals surface area contributed by atoms with Crippen molar-refractivity contribution in [2.75, 3.05) is 22.4 Å². The predicted molar refractivity (Wildman–Crippen MR) is 125 cm³/mol. The normalized spacial score (nSPS) is 12.0. The summed E-state index contributed by atoms with van der Waals surface area (Å²) in [5.41, 5.74) is 2.67. The Hall–Kier alpha value is -3.13. The number of nitrogens with one attached hydrogen (secondary N) is 2. The average molecular weight is 444 g/mol. The van der Waals surface area contributed by atoms with Gasteiger partial charge in [0.05, 0.1) is 23.2 Å². The molecule has 0 aliphatic heterocycles. The number of rotatable bonds is 9. The van der Waals surface area contributed by atoms with Gasteiger partial charge in [0.1, 0.15) is 6.04 Å². The van der Waals surface area contributed by atoms with Gasteiger partial charge in [-0.2, -0.15) is 0 Å². The van der Waals surface area contributed by atoms with Crippen molar-refractivity contribution in [3.05, 3.63) is 71.8 Å². The first kappa shape index (κ1) is 24.1. The molecule has 0 unspecified atom stereocenters. The number of carbonyl (C=O) groups is 2. The van der Waals surface area contributed by atoms with E-state index < -0.39 is 22.0 Å². The van der Waals surface area contributed by atoms with Crippen LogP contribution in [0.2, 0.25) is 0 Å². The molecule has 166 valence electrons. The van der Waals surface area contributed by atoms with Crippen molar-refractivity contribution < 1.29 is 18.0 Å². The first-order valence-electron chi connectivity index (χ1n) is 9.95. The molecule has 2 aromatic rings. The van der Waals surface area contributed by atoms with Crippen molar-refractivity contribution in [1.29, 1.82) is 0 Å². The fourth-order valence-electron chi connectivity index (χ4n) is 3.26. The second-order valence-electron chi connectivity index (χ2n) is 7.31. The van der Waals surface area contributed by atoms with E-state index in [2.05, 4.69) is 17.2 Å². The molecule has 0 saturated carbocycles. The van der Waals surface area contributed by atoms with Gasteiger partial charge in [-0.1, -0.05) is 37.3 Å². The Morgan fingerprint density at radius 3 is 2.45 bits per heavy atom. The van der Waals surface area contributed by atoms with E-state index in [1.54, 1.807) is 50.3 Å². The fraction of sp³-hybridized carbons (Fsp3) is 0.304. The van der Waals surface area contributed by atoms with Gasteiger partial charge >= 0.3 is 0 Å². The molecule has 31 heavy (non-hydrogen) atoms. The maximum atomic E-state index is 13.2. The van der Waals surface area contributed by atoms with Crippen LogP contribution in [0.4, 0.5) is 11.4 Å². The lowest BCUT2D eigenvalue weighted by atomic mass is 10.1. The van der Waals surface area contributed by atoms with Crippen molar-refractivity contribution >= 4 is 33.2 Å². The number of carbonyl (C=O) groups excluding carboxylic acids is 2. The van der Waals surface area contributed by atoms with E-state index in [0.717, 1.165) is 21.7 Å². The molecule has 0 radical (unpaired) electrons. The molecule has 0 aliphatic rings. The molecule has 0 aromatic heterocycles. The van der Waals surface area contributed by atoms with Crippen LogP contribution in [0.3, 0.4) is 0 Å². The maximum absolute atomic E-state index is 13.2. The molecule has 7 nitrogen and oxygen atoms in total. The Bertz CT molecular complexity index is 1080. The molecule has 2 N–H and O–H groups in total. The van der Waals surface area contributed by atoms with Gasteiger partial charge in [0.2, 0.25) is 15.9 Å². The molecule has 2 rings (SSSR count). The molecule has 0 bridgehead atoms. The summed E-state index contributed by atoms with van der Waals surface area (Å²) in [6, 6.07) is 11.1. The fourth-order valence-corrected chi connectivity index (χ4v) is 4.52. The quantitative estimate of drug-likeness (QED) is 0.581. The van der Waals surface area contributed by atoms with Gasteiger partial charge in [0, 0.05) is 6.54 Å². The Labute approximate surface area is 184 Å². The lowest BCUT2D eigenvalue weighted by Crippen LogP contribution is -2.47. The van der Waals surface area contributed by atoms with Gasteiger partial charge in [-0.05, 0) is 49.6 Å². The van der Waals surface area contributed by atoms with E-state index in [4.69, 9.17) is 0 Å². The second kappa shape index (κ2) is 10.3. The molecular weight excluding hydrogens is 414 g/mol. The number of aryl methyl sites for hydroxylation is 2. The minimum absolute atomic E-state index is 0.247. The molecule has 2 amide bonds. The van der Waals surface area contributed by atoms with E-state index in [9.17, 15) is 18.0 Å². The number of para-hydroxylation sites is 1. The summed E-state index contributed by atoms with van der Waals surface area (Å²) in [5, 5.41) is 5.42. The summed E-state index contributed by atoms with van der Waals surface area (Å²) >= 11 is 0. The summed E-state index contributed by atoms with van der Waals surface area (Å²) in [4.78, 5) is 25.7. The third kappa shape index (κ3) is 5.95. The zero-order chi connectivity index (χ0) is 23.2. The van der Waals surface area contributed by atoms with Crippen LogP contribution in [0.1, 0.15) is 34.8 Å². The molecule has 1 atom stereocenters. The predicted octanol–water partition coefficient (Wildman–Crippen LogP) is 3.40. The number of anilines is 2.